The lowest BCUT2D eigenvalue weighted by Crippen LogP contribution is -2.21. The lowest BCUT2D eigenvalue weighted by Gasteiger charge is -2.15. The van der Waals surface area contributed by atoms with Crippen molar-refractivity contribution in [3.05, 3.63) is 22.5 Å². The number of alkyl halides is 12. The van der Waals surface area contributed by atoms with Gasteiger partial charge in [-0.15, -0.1) is 0 Å². The molecule has 0 atom stereocenters. The Morgan fingerprint density at radius 2 is 0.667 bits per heavy atom. The Hall–Kier alpha value is -1.56. The molecule has 13 heteroatoms. The summed E-state index contributed by atoms with van der Waals surface area (Å²) in [6.45, 7) is 0. The monoisotopic (exact) mass is 339 g/mol. The van der Waals surface area contributed by atoms with Crippen LogP contribution >= 0.6 is 0 Å². The number of H-pyrrole nitrogens is 1. The van der Waals surface area contributed by atoms with E-state index in [2.05, 4.69) is 0 Å². The molecule has 1 N–H and O–H groups in total. The van der Waals surface area contributed by atoms with Gasteiger partial charge in [0, 0.05) is 0 Å². The summed E-state index contributed by atoms with van der Waals surface area (Å²) in [7, 11) is 0. The molecule has 0 radical (unpaired) electrons. The number of nitrogens with one attached hydrogen (secondary N) is 1. The number of aromatic nitrogens is 1. The molecule has 1 heterocycles. The Balaban J connectivity index is 3.93. The molecule has 0 saturated heterocycles. The van der Waals surface area contributed by atoms with E-state index in [1.165, 1.54) is 0 Å². The van der Waals surface area contributed by atoms with Crippen molar-refractivity contribution in [3.63, 3.8) is 0 Å². The fraction of sp³-hybridized carbons (Fsp3) is 0.500. The van der Waals surface area contributed by atoms with Gasteiger partial charge in [0.15, 0.2) is 0 Å². The first-order valence-electron chi connectivity index (χ1n) is 4.52. The summed E-state index contributed by atoms with van der Waals surface area (Å²) < 4.78 is 148. The van der Waals surface area contributed by atoms with Crippen molar-refractivity contribution in [3.8, 4) is 0 Å². The van der Waals surface area contributed by atoms with E-state index >= 15 is 0 Å². The third kappa shape index (κ3) is 3.37. The maximum absolute atomic E-state index is 12.4. The highest BCUT2D eigenvalue weighted by Crippen LogP contribution is 2.51. The van der Waals surface area contributed by atoms with Gasteiger partial charge in [-0.2, -0.15) is 52.7 Å². The van der Waals surface area contributed by atoms with E-state index in [0.717, 1.165) is 0 Å². The van der Waals surface area contributed by atoms with E-state index in [9.17, 15) is 52.7 Å². The number of aromatic amines is 1. The molecule has 0 aliphatic rings. The summed E-state index contributed by atoms with van der Waals surface area (Å²) >= 11 is 0. The normalized spacial score (nSPS) is 14.7. The average molecular weight is 339 g/mol. The van der Waals surface area contributed by atoms with E-state index < -0.39 is 47.2 Å². The van der Waals surface area contributed by atoms with Crippen LogP contribution in [0.2, 0.25) is 0 Å². The van der Waals surface area contributed by atoms with Crippen molar-refractivity contribution in [1.29, 1.82) is 0 Å². The predicted octanol–water partition coefficient (Wildman–Crippen LogP) is 5.09. The van der Waals surface area contributed by atoms with Gasteiger partial charge >= 0.3 is 24.7 Å². The van der Waals surface area contributed by atoms with Gasteiger partial charge in [0.05, 0.1) is 11.1 Å². The predicted molar refractivity (Wildman–Crippen MR) is 40.8 cm³/mol. The summed E-state index contributed by atoms with van der Waals surface area (Å²) in [4.78, 5) is 0.153. The molecule has 0 aliphatic heterocycles. The van der Waals surface area contributed by atoms with Crippen molar-refractivity contribution in [2.75, 3.05) is 0 Å². The third-order valence-corrected chi connectivity index (χ3v) is 2.13. The smallest absolute Gasteiger partial charge is 0.346 e. The van der Waals surface area contributed by atoms with Gasteiger partial charge in [0.2, 0.25) is 0 Å². The molecule has 1 rings (SSSR count). The molecule has 0 aliphatic carbocycles. The Labute approximate surface area is 106 Å². The number of hydrogen-bond acceptors (Lipinski definition) is 0. The van der Waals surface area contributed by atoms with Crippen LogP contribution in [0, 0.1) is 0 Å². The Morgan fingerprint density at radius 1 is 0.429 bits per heavy atom. The number of rotatable bonds is 0. The van der Waals surface area contributed by atoms with Crippen LogP contribution in [-0.4, -0.2) is 4.98 Å². The van der Waals surface area contributed by atoms with Gasteiger partial charge in [-0.05, 0) is 0 Å². The van der Waals surface area contributed by atoms with Gasteiger partial charge in [-0.3, -0.25) is 0 Å². The fourth-order valence-corrected chi connectivity index (χ4v) is 1.49. The summed E-state index contributed by atoms with van der Waals surface area (Å²) in [5, 5.41) is 0. The van der Waals surface area contributed by atoms with Crippen LogP contribution in [0.25, 0.3) is 0 Å². The van der Waals surface area contributed by atoms with E-state index in [4.69, 9.17) is 0 Å². The maximum Gasteiger partial charge on any atom is 0.431 e. The quantitative estimate of drug-likeness (QED) is 0.634. The number of halogens is 12. The highest BCUT2D eigenvalue weighted by atomic mass is 19.4. The molecule has 0 unspecified atom stereocenters. The number of hydrogen-bond donors (Lipinski definition) is 1. The molecule has 1 aromatic heterocycles. The zero-order valence-corrected chi connectivity index (χ0v) is 9.04. The molecule has 0 bridgehead atoms. The second-order valence-corrected chi connectivity index (χ2v) is 3.62. The first-order valence-corrected chi connectivity index (χ1v) is 4.52. The summed E-state index contributed by atoms with van der Waals surface area (Å²) in [5.74, 6) is 0. The van der Waals surface area contributed by atoms with E-state index in [1.807, 2.05) is 0 Å². The molecular formula is C8HF12N. The fourth-order valence-electron chi connectivity index (χ4n) is 1.49. The van der Waals surface area contributed by atoms with Crippen molar-refractivity contribution in [2.24, 2.45) is 0 Å². The van der Waals surface area contributed by atoms with Crippen LogP contribution < -0.4 is 0 Å². The van der Waals surface area contributed by atoms with Crippen LogP contribution in [-0.2, 0) is 24.7 Å². The SMILES string of the molecule is FC(F)(F)c1[nH]c(C(F)(F)F)c(C(F)(F)F)c1C(F)(F)F. The molecule has 0 fully saturated rings. The minimum absolute atomic E-state index is 0.153. The molecule has 0 saturated carbocycles. The summed E-state index contributed by atoms with van der Waals surface area (Å²) in [6, 6.07) is 0. The topological polar surface area (TPSA) is 15.8 Å². The van der Waals surface area contributed by atoms with Crippen LogP contribution in [0.1, 0.15) is 22.5 Å². The second-order valence-electron chi connectivity index (χ2n) is 3.62. The lowest BCUT2D eigenvalue weighted by atomic mass is 10.1. The van der Waals surface area contributed by atoms with Gasteiger partial charge in [-0.1, -0.05) is 0 Å². The largest absolute Gasteiger partial charge is 0.431 e. The zero-order valence-electron chi connectivity index (χ0n) is 9.04. The van der Waals surface area contributed by atoms with Gasteiger partial charge in [0.1, 0.15) is 11.4 Å². The molecule has 0 amide bonds. The highest BCUT2D eigenvalue weighted by molar-refractivity contribution is 5.44. The first-order chi connectivity index (χ1) is 8.97. The molecular weight excluding hydrogens is 338 g/mol. The van der Waals surface area contributed by atoms with E-state index in [-0.39, 0.29) is 4.98 Å². The molecule has 1 aromatic rings. The molecule has 0 aromatic carbocycles. The third-order valence-electron chi connectivity index (χ3n) is 2.13. The standard InChI is InChI=1S/C8HF12N/c9-5(10,11)1-2(6(12,13)14)4(8(18,19)20)21-3(1)7(15,16)17/h21H. The minimum Gasteiger partial charge on any atom is -0.346 e. The highest BCUT2D eigenvalue weighted by Gasteiger charge is 2.57. The van der Waals surface area contributed by atoms with Crippen molar-refractivity contribution in [2.45, 2.75) is 24.7 Å². The summed E-state index contributed by atoms with van der Waals surface area (Å²) in [6.07, 6.45) is -24.8. The minimum atomic E-state index is -6.30. The van der Waals surface area contributed by atoms with Crippen molar-refractivity contribution >= 4 is 0 Å². The van der Waals surface area contributed by atoms with Crippen LogP contribution in [0.4, 0.5) is 52.7 Å². The molecule has 21 heavy (non-hydrogen) atoms. The maximum atomic E-state index is 12.4. The van der Waals surface area contributed by atoms with Gasteiger partial charge < -0.3 is 4.98 Å². The Kier molecular flexibility index (Phi) is 3.72. The first kappa shape index (κ1) is 17.5. The van der Waals surface area contributed by atoms with Crippen LogP contribution in [0.15, 0.2) is 0 Å². The molecule has 0 spiro atoms. The Morgan fingerprint density at radius 3 is 0.810 bits per heavy atom. The second kappa shape index (κ2) is 4.47. The Bertz CT molecular complexity index is 475. The lowest BCUT2D eigenvalue weighted by molar-refractivity contribution is -0.178. The molecule has 122 valence electrons. The van der Waals surface area contributed by atoms with E-state index in [1.54, 1.807) is 0 Å². The molecule has 1 nitrogen and oxygen atoms in total. The van der Waals surface area contributed by atoms with Crippen molar-refractivity contribution < 1.29 is 52.7 Å². The van der Waals surface area contributed by atoms with Crippen molar-refractivity contribution in [1.82, 2.24) is 4.98 Å². The van der Waals surface area contributed by atoms with Crippen LogP contribution in [0.5, 0.6) is 0 Å². The van der Waals surface area contributed by atoms with Gasteiger partial charge in [0.25, 0.3) is 0 Å². The van der Waals surface area contributed by atoms with Gasteiger partial charge in [-0.25, -0.2) is 0 Å². The van der Waals surface area contributed by atoms with E-state index in [0.29, 0.717) is 0 Å². The zero-order chi connectivity index (χ0) is 17.0. The van der Waals surface area contributed by atoms with Crippen LogP contribution in [0.3, 0.4) is 0 Å². The average Bonchev–Trinajstić information content (AvgIpc) is 2.52. The summed E-state index contributed by atoms with van der Waals surface area (Å²) in [5.41, 5.74) is -13.2.